The quantitative estimate of drug-likeness (QED) is 0.0328. The van der Waals surface area contributed by atoms with E-state index in [9.17, 15) is 46.6 Å². The van der Waals surface area contributed by atoms with Crippen molar-refractivity contribution in [1.82, 2.24) is 59.2 Å². The Morgan fingerprint density at radius 2 is 0.818 bits per heavy atom. The van der Waals surface area contributed by atoms with Gasteiger partial charge in [-0.3, -0.25) is 51.1 Å². The molecule has 785 valence electrons. The molecule has 0 aliphatic rings. The molecule has 5 N–H and O–H groups in total. The van der Waals surface area contributed by atoms with Gasteiger partial charge in [-0.05, 0) is 122 Å². The van der Waals surface area contributed by atoms with E-state index < -0.39 is 23.0 Å². The number of hydrogen-bond acceptors (Lipinski definition) is 19. The molecule has 18 rings (SSSR count). The number of aromatic carboxylic acids is 1. The number of allylic oxidation sites excluding steroid dienone is 8. The summed E-state index contributed by atoms with van der Waals surface area (Å²) in [5.74, 6) is -1.99. The Morgan fingerprint density at radius 3 is 1.18 bits per heavy atom. The number of thiophene rings is 1. The first-order valence-electron chi connectivity index (χ1n) is 43.2. The molecule has 7 radical (unpaired) electrons. The zero-order chi connectivity index (χ0) is 103. The molecule has 0 fully saturated rings. The number of nitrogens with zero attached hydrogens (tertiary/aromatic N) is 12. The summed E-state index contributed by atoms with van der Waals surface area (Å²) in [6.07, 6.45) is 18.7. The van der Waals surface area contributed by atoms with Crippen molar-refractivity contribution in [2.24, 2.45) is 17.9 Å². The molecule has 0 unspecified atom stereocenters. The van der Waals surface area contributed by atoms with E-state index in [1.807, 2.05) is 235 Å². The number of rotatable bonds is 12. The number of ketones is 4. The number of carbonyl (C=O) groups excluding carboxylic acids is 4. The normalized spacial score (nSPS) is 10.3. The Kier molecular flexibility index (Phi) is 66.1. The fraction of sp³-hybridized carbons (Fsp3) is 0.133. The van der Waals surface area contributed by atoms with Crippen LogP contribution in [0.25, 0.3) is 99.0 Å². The third-order valence-electron chi connectivity index (χ3n) is 17.9. The summed E-state index contributed by atoms with van der Waals surface area (Å²) < 4.78 is 58.1. The molecule has 0 aliphatic carbocycles. The Labute approximate surface area is 962 Å². The number of imidazole rings is 1. The second kappa shape index (κ2) is 72.1. The van der Waals surface area contributed by atoms with Crippen molar-refractivity contribution in [3.8, 4) is 67.1 Å². The van der Waals surface area contributed by atoms with Gasteiger partial charge in [-0.15, -0.1) is 185 Å². The summed E-state index contributed by atoms with van der Waals surface area (Å²) in [6, 6.07) is 104. The summed E-state index contributed by atoms with van der Waals surface area (Å²) in [5.41, 5.74) is 9.16. The van der Waals surface area contributed by atoms with Crippen molar-refractivity contribution in [1.29, 1.82) is 0 Å². The average molecular weight is 3280 g/mol. The zero-order valence-electron chi connectivity index (χ0n) is 81.8. The number of aliphatic hydroxyl groups excluding tert-OH is 4. The van der Waals surface area contributed by atoms with Crippen molar-refractivity contribution in [2.45, 2.75) is 83.1 Å². The van der Waals surface area contributed by atoms with Gasteiger partial charge in [-0.2, -0.15) is 27.4 Å². The van der Waals surface area contributed by atoms with Gasteiger partial charge in [0, 0.05) is 266 Å². The number of aryl methyl sites for hydroxylation is 1. The number of hydrogen-bond donors (Lipinski definition) is 5. The number of benzene rings is 9. The fourth-order valence-corrected chi connectivity index (χ4v) is 12.3. The van der Waals surface area contributed by atoms with Crippen LogP contribution in [0.15, 0.2) is 376 Å². The zero-order valence-corrected chi connectivity index (χ0v) is 100. The first-order valence-corrected chi connectivity index (χ1v) is 44.4. The second-order valence-electron chi connectivity index (χ2n) is 31.8. The number of aliphatic hydroxyl groups is 4. The number of para-hydroxylation sites is 2. The van der Waals surface area contributed by atoms with Crippen LogP contribution in [0.3, 0.4) is 0 Å². The van der Waals surface area contributed by atoms with Crippen LogP contribution in [0, 0.1) is 76.6 Å². The molecule has 0 spiro atoms. The first-order chi connectivity index (χ1) is 67.3. The number of pyridine rings is 4. The maximum Gasteiger partial charge on any atom is 0.354 e. The van der Waals surface area contributed by atoms with Gasteiger partial charge in [0.2, 0.25) is 0 Å². The predicted molar refractivity (Wildman–Crippen MR) is 546 cm³/mol. The maximum absolute atomic E-state index is 13.2. The molecule has 9 heterocycles. The third kappa shape index (κ3) is 50.6. The van der Waals surface area contributed by atoms with Crippen molar-refractivity contribution >= 4 is 83.9 Å². The fourth-order valence-electron chi connectivity index (χ4n) is 11.2. The van der Waals surface area contributed by atoms with E-state index in [4.69, 9.17) is 32.0 Å². The van der Waals surface area contributed by atoms with Gasteiger partial charge in [0.15, 0.2) is 23.1 Å². The largest absolute Gasteiger partial charge is 0.512 e. The summed E-state index contributed by atoms with van der Waals surface area (Å²) in [5, 5.41) is 62.9. The summed E-state index contributed by atoms with van der Waals surface area (Å²) >= 11 is 7.35. The van der Waals surface area contributed by atoms with Gasteiger partial charge in [0.1, 0.15) is 16.6 Å². The third-order valence-corrected chi connectivity index (χ3v) is 19.2. The number of halogens is 5. The molecule has 35 heteroatoms. The predicted octanol–water partition coefficient (Wildman–Crippen LogP) is 26.5. The van der Waals surface area contributed by atoms with Gasteiger partial charge in [0.25, 0.3) is 0 Å². The number of carboxylic acids is 1. The van der Waals surface area contributed by atoms with E-state index in [0.717, 1.165) is 89.8 Å². The Hall–Kier alpha value is -12.4. The molecule has 148 heavy (non-hydrogen) atoms. The minimum atomic E-state index is -0.990. The molecule has 0 saturated heterocycles. The van der Waals surface area contributed by atoms with Gasteiger partial charge >= 0.3 is 5.97 Å². The molecule has 0 aliphatic heterocycles. The van der Waals surface area contributed by atoms with Crippen LogP contribution >= 0.6 is 22.9 Å². The van der Waals surface area contributed by atoms with Crippen LogP contribution in [-0.4, -0.2) is 114 Å². The van der Waals surface area contributed by atoms with Gasteiger partial charge in [-0.1, -0.05) is 162 Å². The van der Waals surface area contributed by atoms with Crippen LogP contribution < -0.4 is 0 Å². The van der Waals surface area contributed by atoms with Crippen LogP contribution in [0.2, 0.25) is 5.15 Å². The smallest absolute Gasteiger partial charge is 0.354 e. The molecule has 9 aromatic heterocycles. The van der Waals surface area contributed by atoms with Gasteiger partial charge in [-0.25, -0.2) is 21.1 Å². The van der Waals surface area contributed by atoms with E-state index in [-0.39, 0.29) is 215 Å². The van der Waals surface area contributed by atoms with Crippen molar-refractivity contribution in [2.75, 3.05) is 0 Å². The summed E-state index contributed by atoms with van der Waals surface area (Å²) in [6.45, 7) is 19.7. The standard InChI is InChI=1S/2C13H8FN2.C13H8NS.C11H6F2N.C11H8N.C11H20O2.C10H6ClN2.C10H9N2.C6H5NO2.3C5H8O2.7Ir/c2*14-11-5-7-12(8-6-11)16-13-4-2-1-3-10(13)9-15-16;1-2-7-12-10(5-1)9-13(15-12)11-6-3-4-8-14-11;12-8-4-5-9(10(13)7-8)11-3-1-2-6-14-11;1-2-6-10(7-3-1)11-8-4-5-9-12-11;1-10(2,3)8(12)7-9(13)11(4,5)6;11-10-7-6-9(12-13-10)8-4-2-1-3-5-8;1-12-8-7-11-10(12)9-5-3-2-4-6-9;8-6(9)5-3-1-2-4-7-5;3*1-4(6)3-5(2)7;;;;;;;/h2*1-7,9H;1-8H;1-4,6-7H;1-6,8-9H;7,12H,1-6H3;1-4,6-7H;2-5,7-8H,1H3;1-4H,(H,8,9);3*3,6H,1-2H3;;;;;;;/q5*-1;;2*-1;;;;;;;;;;;. The van der Waals surface area contributed by atoms with Crippen LogP contribution in [0.4, 0.5) is 17.6 Å². The number of aromatic nitrogens is 12. The van der Waals surface area contributed by atoms with Crippen molar-refractivity contribution in [3.05, 3.63) is 453 Å². The molecule has 18 aromatic rings. The minimum Gasteiger partial charge on any atom is -0.512 e. The Morgan fingerprint density at radius 1 is 0.399 bits per heavy atom. The Bertz CT molecular complexity index is 6810. The van der Waals surface area contributed by atoms with Crippen molar-refractivity contribution < 1.29 is 208 Å². The molecule has 0 atom stereocenters. The molecule has 0 bridgehead atoms. The maximum atomic E-state index is 13.2. The first kappa shape index (κ1) is 136. The Balaban J connectivity index is 0.00000160. The van der Waals surface area contributed by atoms with Gasteiger partial charge < -0.3 is 45.1 Å². The SMILES string of the molecule is CC(=O)C=C(C)O.CC(=O)C=C(C)O.CC(=O)C=C(C)O.CC(C)(C)C(=O)C=C(O)C(C)(C)C.Clc1ccc(-c2[c-]cccc2)nn1.Cn1ccnc1-c1[c-]cccc1.Fc1c[c-]c(-c2ccccn2)c(F)c1.Fc1c[c-]c(-n2ncc3ccccc32)cc1.Fc1c[c-]c(-n2ncc3ccccc32)cc1.O=C(O)c1ccccn1.[Ir].[Ir].[Ir].[Ir].[Ir].[Ir].[Ir].[c-]1c(-c2ccccn2)sc2ccccc12.[c-]1ccccc1-c1ccccn1. The van der Waals surface area contributed by atoms with E-state index in [1.54, 1.807) is 100 Å². The molecular weight excluding hydrogens is 3170 g/mol. The summed E-state index contributed by atoms with van der Waals surface area (Å²) in [7, 11) is 1.98. The van der Waals surface area contributed by atoms with Crippen LogP contribution in [0.1, 0.15) is 93.6 Å². The monoisotopic (exact) mass is 3280 g/mol. The molecule has 9 aromatic carbocycles. The van der Waals surface area contributed by atoms with Crippen LogP contribution in [0.5, 0.6) is 0 Å². The van der Waals surface area contributed by atoms with E-state index in [1.165, 1.54) is 112 Å². The van der Waals surface area contributed by atoms with Gasteiger partial charge in [0.05, 0.1) is 46.5 Å². The molecule has 0 saturated carbocycles. The topological polar surface area (TPSA) is 317 Å². The number of carboxylic acid groups (broad SMARTS) is 1. The van der Waals surface area contributed by atoms with E-state index in [0.29, 0.717) is 10.8 Å². The molecular formula is C113H102ClF4Ir7N12O10S-7. The number of fused-ring (bicyclic) bond motifs is 3. The molecule has 22 nitrogen and oxygen atoms in total. The second-order valence-corrected chi connectivity index (χ2v) is 33.2. The number of carbonyl (C=O) groups is 5. The van der Waals surface area contributed by atoms with Crippen molar-refractivity contribution in [3.63, 3.8) is 0 Å². The van der Waals surface area contributed by atoms with E-state index >= 15 is 0 Å². The van der Waals surface area contributed by atoms with E-state index in [2.05, 4.69) is 106 Å². The molecule has 0 amide bonds. The minimum absolute atomic E-state index is 0. The average Bonchev–Trinajstić information content (AvgIpc) is 1.66. The van der Waals surface area contributed by atoms with Crippen LogP contribution in [-0.2, 0) is 167 Å². The summed E-state index contributed by atoms with van der Waals surface area (Å²) in [4.78, 5) is 73.1.